The average molecular weight is 476 g/mol. The first kappa shape index (κ1) is 22.1. The van der Waals surface area contributed by atoms with E-state index in [1.165, 1.54) is 44.7 Å². The van der Waals surface area contributed by atoms with Gasteiger partial charge in [0.25, 0.3) is 0 Å². The summed E-state index contributed by atoms with van der Waals surface area (Å²) in [6.07, 6.45) is 2.32. The molecule has 0 spiro atoms. The lowest BCUT2D eigenvalue weighted by molar-refractivity contribution is 0.344. The van der Waals surface area contributed by atoms with Crippen LogP contribution in [0.4, 0.5) is 0 Å². The number of thioether (sulfide) groups is 1. The molecule has 1 atom stereocenters. The van der Waals surface area contributed by atoms with Crippen molar-refractivity contribution in [2.45, 2.75) is 19.9 Å². The second-order valence-electron chi connectivity index (χ2n) is 9.69. The Bertz CT molecular complexity index is 1380. The lowest BCUT2D eigenvalue weighted by Gasteiger charge is -2.42. The van der Waals surface area contributed by atoms with Crippen LogP contribution in [-0.2, 0) is 0 Å². The van der Waals surface area contributed by atoms with Crippen molar-refractivity contribution in [3.63, 3.8) is 0 Å². The summed E-state index contributed by atoms with van der Waals surface area (Å²) in [7, 11) is 2.21. The molecule has 0 bridgehead atoms. The molecule has 35 heavy (non-hydrogen) atoms. The van der Waals surface area contributed by atoms with Gasteiger partial charge in [0.15, 0.2) is 5.17 Å². The van der Waals surface area contributed by atoms with Gasteiger partial charge in [-0.1, -0.05) is 102 Å². The van der Waals surface area contributed by atoms with Crippen LogP contribution >= 0.6 is 11.8 Å². The van der Waals surface area contributed by atoms with Crippen molar-refractivity contribution in [1.82, 2.24) is 9.80 Å². The third-order valence-electron chi connectivity index (χ3n) is 6.91. The van der Waals surface area contributed by atoms with Crippen LogP contribution in [0.1, 0.15) is 33.9 Å². The van der Waals surface area contributed by atoms with Crippen molar-refractivity contribution >= 4 is 28.7 Å². The van der Waals surface area contributed by atoms with E-state index < -0.39 is 0 Å². The predicted octanol–water partition coefficient (Wildman–Crippen LogP) is 7.04. The highest BCUT2D eigenvalue weighted by molar-refractivity contribution is 8.16. The van der Waals surface area contributed by atoms with E-state index in [1.54, 1.807) is 11.8 Å². The zero-order valence-corrected chi connectivity index (χ0v) is 21.2. The van der Waals surface area contributed by atoms with Crippen LogP contribution in [0.25, 0.3) is 11.8 Å². The second kappa shape index (κ2) is 9.03. The third-order valence-corrected chi connectivity index (χ3v) is 7.75. The van der Waals surface area contributed by atoms with Crippen molar-refractivity contribution < 1.29 is 0 Å². The molecule has 0 aromatic heterocycles. The minimum absolute atomic E-state index is 0.115. The molecule has 1 unspecified atom stereocenters. The van der Waals surface area contributed by atoms with E-state index in [1.807, 2.05) is 0 Å². The molecule has 3 aliphatic rings. The van der Waals surface area contributed by atoms with Gasteiger partial charge in [-0.05, 0) is 54.8 Å². The summed E-state index contributed by atoms with van der Waals surface area (Å²) in [4.78, 5) is 10.2. The van der Waals surface area contributed by atoms with Gasteiger partial charge in [0.1, 0.15) is 0 Å². The minimum atomic E-state index is 0.115. The Morgan fingerprint density at radius 2 is 1.54 bits per heavy atom. The smallest absolute Gasteiger partial charge is 0.174 e. The van der Waals surface area contributed by atoms with Gasteiger partial charge < -0.3 is 4.90 Å². The zero-order chi connectivity index (χ0) is 23.9. The van der Waals surface area contributed by atoms with Gasteiger partial charge >= 0.3 is 0 Å². The molecule has 4 heteroatoms. The van der Waals surface area contributed by atoms with Crippen LogP contribution in [0.3, 0.4) is 0 Å². The van der Waals surface area contributed by atoms with E-state index in [0.29, 0.717) is 0 Å². The normalized spacial score (nSPS) is 21.1. The van der Waals surface area contributed by atoms with Crippen LogP contribution in [0.15, 0.2) is 106 Å². The van der Waals surface area contributed by atoms with Crippen LogP contribution in [0.5, 0.6) is 0 Å². The third kappa shape index (κ3) is 4.18. The van der Waals surface area contributed by atoms with Crippen molar-refractivity contribution in [1.29, 1.82) is 0 Å². The number of fused-ring (bicyclic) bond motifs is 1. The molecule has 3 aromatic rings. The van der Waals surface area contributed by atoms with Crippen molar-refractivity contribution in [3.8, 4) is 0 Å². The molecule has 0 amide bonds. The molecule has 0 fully saturated rings. The van der Waals surface area contributed by atoms with Crippen molar-refractivity contribution in [2.75, 3.05) is 20.1 Å². The van der Waals surface area contributed by atoms with Crippen LogP contribution in [-0.4, -0.2) is 35.1 Å². The van der Waals surface area contributed by atoms with Crippen LogP contribution < -0.4 is 0 Å². The van der Waals surface area contributed by atoms with Crippen molar-refractivity contribution in [3.05, 3.63) is 129 Å². The molecule has 0 aliphatic carbocycles. The first-order chi connectivity index (χ1) is 17.1. The highest BCUT2D eigenvalue weighted by Gasteiger charge is 2.41. The Labute approximate surface area is 212 Å². The van der Waals surface area contributed by atoms with Gasteiger partial charge in [0, 0.05) is 18.5 Å². The molecule has 0 saturated carbocycles. The molecule has 0 saturated heterocycles. The number of amidine groups is 1. The number of aryl methyl sites for hydroxylation is 2. The van der Waals surface area contributed by atoms with E-state index in [2.05, 4.69) is 121 Å². The predicted molar refractivity (Wildman–Crippen MR) is 149 cm³/mol. The lowest BCUT2D eigenvalue weighted by atomic mass is 9.87. The summed E-state index contributed by atoms with van der Waals surface area (Å²) in [6, 6.07) is 28.6. The summed E-state index contributed by atoms with van der Waals surface area (Å²) >= 11 is 1.74. The molecular formula is C31H29N3S. The number of nitrogens with zero attached hydrogens (tertiary/aromatic N) is 3. The van der Waals surface area contributed by atoms with Crippen LogP contribution in [0.2, 0.25) is 0 Å². The Balaban J connectivity index is 1.51. The summed E-state index contributed by atoms with van der Waals surface area (Å²) in [6.45, 7) is 6.08. The molecular weight excluding hydrogens is 446 g/mol. The quantitative estimate of drug-likeness (QED) is 0.405. The highest BCUT2D eigenvalue weighted by atomic mass is 32.2. The molecule has 3 aliphatic heterocycles. The van der Waals surface area contributed by atoms with E-state index in [0.717, 1.165) is 24.0 Å². The second-order valence-corrected chi connectivity index (χ2v) is 10.5. The molecule has 6 rings (SSSR count). The van der Waals surface area contributed by atoms with Gasteiger partial charge in [0.2, 0.25) is 0 Å². The van der Waals surface area contributed by atoms with E-state index in [4.69, 9.17) is 4.99 Å². The topological polar surface area (TPSA) is 18.8 Å². The molecule has 0 radical (unpaired) electrons. The number of aliphatic imine (C=N–C) groups is 1. The van der Waals surface area contributed by atoms with E-state index in [-0.39, 0.29) is 6.04 Å². The SMILES string of the molecule is Cc1ccc(/C=C2\CN(C)CC3=C2N=C2SC=C(c4ccccc4)N2C3c2ccc(C)cc2)cc1. The number of rotatable bonds is 3. The molecule has 0 N–H and O–H groups in total. The maximum absolute atomic E-state index is 5.30. The molecule has 3 nitrogen and oxygen atoms in total. The first-order valence-corrected chi connectivity index (χ1v) is 13.0. The van der Waals surface area contributed by atoms with Crippen LogP contribution in [0, 0.1) is 13.8 Å². The molecule has 3 heterocycles. The summed E-state index contributed by atoms with van der Waals surface area (Å²) in [5, 5.41) is 3.33. The largest absolute Gasteiger partial charge is 0.308 e. The fourth-order valence-corrected chi connectivity index (χ4v) is 6.08. The standard InChI is InChI=1S/C31H29N3S/c1-21-9-13-23(14-10-21)17-26-18-33(3)19-27-29(26)32-31-34(30(27)25-15-11-22(2)12-16-25)28(20-35-31)24-7-5-4-6-8-24/h4-17,20,30H,18-19H2,1-3H3/b26-17+. The van der Waals surface area contributed by atoms with E-state index in [9.17, 15) is 0 Å². The zero-order valence-electron chi connectivity index (χ0n) is 20.4. The van der Waals surface area contributed by atoms with Gasteiger partial charge in [0.05, 0.1) is 17.4 Å². The monoisotopic (exact) mass is 475 g/mol. The van der Waals surface area contributed by atoms with E-state index >= 15 is 0 Å². The van der Waals surface area contributed by atoms with Crippen molar-refractivity contribution in [2.24, 2.45) is 4.99 Å². The molecule has 174 valence electrons. The lowest BCUT2D eigenvalue weighted by Crippen LogP contribution is -2.40. The maximum Gasteiger partial charge on any atom is 0.174 e. The average Bonchev–Trinajstić information content (AvgIpc) is 3.29. The number of likely N-dealkylation sites (N-methyl/N-ethyl adjacent to an activating group) is 1. The first-order valence-electron chi connectivity index (χ1n) is 12.1. The summed E-state index contributed by atoms with van der Waals surface area (Å²) < 4.78 is 0. The minimum Gasteiger partial charge on any atom is -0.308 e. The summed E-state index contributed by atoms with van der Waals surface area (Å²) in [5.74, 6) is 0. The fourth-order valence-electron chi connectivity index (χ4n) is 5.15. The highest BCUT2D eigenvalue weighted by Crippen LogP contribution is 2.49. The van der Waals surface area contributed by atoms with Gasteiger partial charge in [-0.3, -0.25) is 4.90 Å². The number of benzene rings is 3. The summed E-state index contributed by atoms with van der Waals surface area (Å²) in [5.41, 5.74) is 11.4. The Morgan fingerprint density at radius 3 is 2.26 bits per heavy atom. The van der Waals surface area contributed by atoms with Gasteiger partial charge in [-0.2, -0.15) is 0 Å². The number of hydrogen-bond donors (Lipinski definition) is 0. The Morgan fingerprint density at radius 1 is 0.857 bits per heavy atom. The Kier molecular flexibility index (Phi) is 5.71. The Hall–Kier alpha value is -3.34. The van der Waals surface area contributed by atoms with Gasteiger partial charge in [-0.25, -0.2) is 4.99 Å². The number of hydrogen-bond acceptors (Lipinski definition) is 4. The maximum atomic E-state index is 5.30. The fraction of sp³-hybridized carbons (Fsp3) is 0.194. The molecule has 3 aromatic carbocycles. The van der Waals surface area contributed by atoms with Gasteiger partial charge in [-0.15, -0.1) is 0 Å².